The van der Waals surface area contributed by atoms with Crippen LogP contribution in [0.15, 0.2) is 35.1 Å². The fourth-order valence-electron chi connectivity index (χ4n) is 2.78. The van der Waals surface area contributed by atoms with Gasteiger partial charge in [-0.3, -0.25) is 4.79 Å². The van der Waals surface area contributed by atoms with Crippen molar-refractivity contribution in [1.29, 1.82) is 0 Å². The molecule has 0 saturated carbocycles. The minimum absolute atomic E-state index is 0.0109. The predicted molar refractivity (Wildman–Crippen MR) is 89.4 cm³/mol. The van der Waals surface area contributed by atoms with Crippen molar-refractivity contribution in [3.63, 3.8) is 0 Å². The number of benzene rings is 1. The Morgan fingerprint density at radius 2 is 2.20 bits per heavy atom. The average molecular weight is 346 g/mol. The minimum atomic E-state index is -0.297. The summed E-state index contributed by atoms with van der Waals surface area (Å²) in [7, 11) is 0. The number of aromatic nitrogens is 1. The number of amides is 1. The van der Waals surface area contributed by atoms with Crippen LogP contribution in [-0.2, 0) is 17.8 Å². The van der Waals surface area contributed by atoms with Crippen molar-refractivity contribution in [2.75, 3.05) is 13.2 Å². The zero-order chi connectivity index (χ0) is 17.6. The molecule has 134 valence electrons. The Labute approximate surface area is 146 Å². The summed E-state index contributed by atoms with van der Waals surface area (Å²) in [5, 5.41) is 12.1. The SMILES string of the molecule is CCc1ocnc1C(=O)N[C@@H]1CCOC[C@H]1Oc1ccc(CO)cc1. The van der Waals surface area contributed by atoms with Crippen LogP contribution in [0.1, 0.15) is 35.2 Å². The Morgan fingerprint density at radius 1 is 1.40 bits per heavy atom. The standard InChI is InChI=1S/C18H22N2O5/c1-2-15-17(19-11-24-15)18(22)20-14-7-8-23-10-16(14)25-13-5-3-12(9-21)4-6-13/h3-6,11,14,16,21H,2,7-10H2,1H3,(H,20,22)/t14-,16-/m1/s1. The van der Waals surface area contributed by atoms with Crippen LogP contribution < -0.4 is 10.1 Å². The molecule has 1 aromatic heterocycles. The first-order valence-corrected chi connectivity index (χ1v) is 8.38. The largest absolute Gasteiger partial charge is 0.486 e. The Kier molecular flexibility index (Phi) is 5.67. The Balaban J connectivity index is 1.66. The molecule has 0 spiro atoms. The number of nitrogens with zero attached hydrogens (tertiary/aromatic N) is 1. The number of aliphatic hydroxyl groups is 1. The summed E-state index contributed by atoms with van der Waals surface area (Å²) in [5.74, 6) is 0.978. The molecule has 1 saturated heterocycles. The van der Waals surface area contributed by atoms with Gasteiger partial charge in [0.15, 0.2) is 12.1 Å². The summed E-state index contributed by atoms with van der Waals surface area (Å²) >= 11 is 0. The third kappa shape index (κ3) is 4.18. The number of aryl methyl sites for hydroxylation is 1. The van der Waals surface area contributed by atoms with E-state index in [1.165, 1.54) is 6.39 Å². The van der Waals surface area contributed by atoms with Gasteiger partial charge >= 0.3 is 0 Å². The molecule has 7 heteroatoms. The molecule has 7 nitrogen and oxygen atoms in total. The van der Waals surface area contributed by atoms with Crippen LogP contribution in [0.5, 0.6) is 5.75 Å². The summed E-state index contributed by atoms with van der Waals surface area (Å²) in [6.07, 6.45) is 2.25. The summed E-state index contributed by atoms with van der Waals surface area (Å²) in [6, 6.07) is 7.02. The first-order chi connectivity index (χ1) is 12.2. The third-order valence-electron chi connectivity index (χ3n) is 4.19. The number of nitrogens with one attached hydrogen (secondary N) is 1. The molecule has 3 rings (SSSR count). The summed E-state index contributed by atoms with van der Waals surface area (Å²) in [6.45, 7) is 2.86. The van der Waals surface area contributed by atoms with Crippen LogP contribution in [0.4, 0.5) is 0 Å². The molecular formula is C18H22N2O5. The van der Waals surface area contributed by atoms with Crippen LogP contribution >= 0.6 is 0 Å². The van der Waals surface area contributed by atoms with E-state index in [2.05, 4.69) is 10.3 Å². The van der Waals surface area contributed by atoms with E-state index in [4.69, 9.17) is 19.0 Å². The van der Waals surface area contributed by atoms with E-state index in [0.29, 0.717) is 43.3 Å². The molecule has 2 heterocycles. The first kappa shape index (κ1) is 17.4. The maximum Gasteiger partial charge on any atom is 0.273 e. The molecule has 1 amide bonds. The van der Waals surface area contributed by atoms with Gasteiger partial charge in [-0.25, -0.2) is 4.98 Å². The lowest BCUT2D eigenvalue weighted by Gasteiger charge is -2.32. The molecule has 1 fully saturated rings. The van der Waals surface area contributed by atoms with Crippen molar-refractivity contribution >= 4 is 5.91 Å². The molecule has 0 radical (unpaired) electrons. The molecule has 0 bridgehead atoms. The number of oxazole rings is 1. The second-order valence-electron chi connectivity index (χ2n) is 5.88. The summed E-state index contributed by atoms with van der Waals surface area (Å²) in [4.78, 5) is 16.5. The monoisotopic (exact) mass is 346 g/mol. The van der Waals surface area contributed by atoms with Crippen LogP contribution in [0.2, 0.25) is 0 Å². The zero-order valence-corrected chi connectivity index (χ0v) is 14.1. The van der Waals surface area contributed by atoms with Crippen LogP contribution in [-0.4, -0.2) is 41.4 Å². The molecule has 2 N–H and O–H groups in total. The van der Waals surface area contributed by atoms with E-state index in [0.717, 1.165) is 5.56 Å². The number of rotatable bonds is 6. The quantitative estimate of drug-likeness (QED) is 0.827. The number of hydrogen-bond acceptors (Lipinski definition) is 6. The first-order valence-electron chi connectivity index (χ1n) is 8.38. The minimum Gasteiger partial charge on any atom is -0.486 e. The van der Waals surface area contributed by atoms with E-state index in [1.807, 2.05) is 6.92 Å². The van der Waals surface area contributed by atoms with Crippen molar-refractivity contribution in [2.45, 2.75) is 38.5 Å². The summed E-state index contributed by atoms with van der Waals surface area (Å²) in [5.41, 5.74) is 1.13. The van der Waals surface area contributed by atoms with Crippen molar-refractivity contribution in [1.82, 2.24) is 10.3 Å². The van der Waals surface area contributed by atoms with Gasteiger partial charge in [-0.2, -0.15) is 0 Å². The third-order valence-corrected chi connectivity index (χ3v) is 4.19. The average Bonchev–Trinajstić information content (AvgIpc) is 3.13. The van der Waals surface area contributed by atoms with Crippen molar-refractivity contribution in [2.24, 2.45) is 0 Å². The van der Waals surface area contributed by atoms with Crippen LogP contribution in [0.25, 0.3) is 0 Å². The lowest BCUT2D eigenvalue weighted by Crippen LogP contribution is -2.51. The number of aliphatic hydroxyl groups excluding tert-OH is 1. The fourth-order valence-corrected chi connectivity index (χ4v) is 2.78. The van der Waals surface area contributed by atoms with Gasteiger partial charge in [0.25, 0.3) is 5.91 Å². The smallest absolute Gasteiger partial charge is 0.273 e. The van der Waals surface area contributed by atoms with E-state index in [9.17, 15) is 4.79 Å². The number of carbonyl (C=O) groups excluding carboxylic acids is 1. The molecule has 1 aliphatic rings. The van der Waals surface area contributed by atoms with Crippen molar-refractivity contribution in [3.05, 3.63) is 47.7 Å². The highest BCUT2D eigenvalue weighted by molar-refractivity contribution is 5.93. The van der Waals surface area contributed by atoms with E-state index >= 15 is 0 Å². The maximum absolute atomic E-state index is 12.5. The van der Waals surface area contributed by atoms with Gasteiger partial charge in [0.2, 0.25) is 0 Å². The van der Waals surface area contributed by atoms with Crippen LogP contribution in [0, 0.1) is 0 Å². The number of ether oxygens (including phenoxy) is 2. The highest BCUT2D eigenvalue weighted by atomic mass is 16.5. The number of hydrogen-bond donors (Lipinski definition) is 2. The van der Waals surface area contributed by atoms with Gasteiger partial charge in [-0.15, -0.1) is 0 Å². The molecule has 1 aromatic carbocycles. The topological polar surface area (TPSA) is 93.8 Å². The second kappa shape index (κ2) is 8.13. The fraction of sp³-hybridized carbons (Fsp3) is 0.444. The van der Waals surface area contributed by atoms with Crippen molar-refractivity contribution in [3.8, 4) is 5.75 Å². The van der Waals surface area contributed by atoms with Gasteiger partial charge in [0.1, 0.15) is 17.6 Å². The second-order valence-corrected chi connectivity index (χ2v) is 5.88. The molecule has 1 aliphatic heterocycles. The lowest BCUT2D eigenvalue weighted by molar-refractivity contribution is -0.0135. The van der Waals surface area contributed by atoms with Gasteiger partial charge in [0.05, 0.1) is 19.3 Å². The highest BCUT2D eigenvalue weighted by Crippen LogP contribution is 2.19. The maximum atomic E-state index is 12.5. The zero-order valence-electron chi connectivity index (χ0n) is 14.1. The molecule has 0 aliphatic carbocycles. The molecule has 25 heavy (non-hydrogen) atoms. The van der Waals surface area contributed by atoms with Gasteiger partial charge < -0.3 is 24.3 Å². The van der Waals surface area contributed by atoms with Gasteiger partial charge in [0, 0.05) is 13.0 Å². The Morgan fingerprint density at radius 3 is 2.92 bits per heavy atom. The van der Waals surface area contributed by atoms with Gasteiger partial charge in [-0.1, -0.05) is 19.1 Å². The van der Waals surface area contributed by atoms with E-state index < -0.39 is 0 Å². The molecule has 2 aromatic rings. The highest BCUT2D eigenvalue weighted by Gasteiger charge is 2.30. The Hall–Kier alpha value is -2.38. The van der Waals surface area contributed by atoms with E-state index in [-0.39, 0.29) is 24.7 Å². The Bertz CT molecular complexity index is 698. The predicted octanol–water partition coefficient (Wildman–Crippen LogP) is 1.70. The van der Waals surface area contributed by atoms with E-state index in [1.54, 1.807) is 24.3 Å². The van der Waals surface area contributed by atoms with Crippen LogP contribution in [0.3, 0.4) is 0 Å². The van der Waals surface area contributed by atoms with Crippen molar-refractivity contribution < 1.29 is 23.8 Å². The molecular weight excluding hydrogens is 324 g/mol. The number of carbonyl (C=O) groups is 1. The normalized spacial score (nSPS) is 20.2. The lowest BCUT2D eigenvalue weighted by atomic mass is 10.1. The molecule has 0 unspecified atom stereocenters. The van der Waals surface area contributed by atoms with Gasteiger partial charge in [-0.05, 0) is 24.1 Å². The molecule has 2 atom stereocenters. The summed E-state index contributed by atoms with van der Waals surface area (Å²) < 4.78 is 16.7.